The molecule has 17 heavy (non-hydrogen) atoms. The number of amides is 2. The van der Waals surface area contributed by atoms with E-state index in [-0.39, 0.29) is 11.8 Å². The van der Waals surface area contributed by atoms with Crippen LogP contribution in [0.25, 0.3) is 0 Å². The van der Waals surface area contributed by atoms with Crippen LogP contribution in [0.1, 0.15) is 12.8 Å². The summed E-state index contributed by atoms with van der Waals surface area (Å²) in [6.07, 6.45) is 3.68. The lowest BCUT2D eigenvalue weighted by Crippen LogP contribution is -2.48. The van der Waals surface area contributed by atoms with Gasteiger partial charge in [0.05, 0.1) is 17.4 Å². The number of piperidine rings is 1. The van der Waals surface area contributed by atoms with Crippen molar-refractivity contribution >= 4 is 29.4 Å². The maximum absolute atomic E-state index is 11.8. The van der Waals surface area contributed by atoms with E-state index in [9.17, 15) is 9.59 Å². The Morgan fingerprint density at radius 1 is 1.41 bits per heavy atom. The van der Waals surface area contributed by atoms with Gasteiger partial charge in [0.1, 0.15) is 6.04 Å². The normalized spacial score (nSPS) is 20.6. The third-order valence-corrected chi connectivity index (χ3v) is 2.77. The standard InChI is InChI=1S/C10H11ClN4O2/c1-15-8(16)3-2-7(9(15)17)14-10-12-4-6(11)5-13-10/h4-5,7H,2-3H2,1H3,(H,12,13,14). The summed E-state index contributed by atoms with van der Waals surface area (Å²) in [6.45, 7) is 0. The van der Waals surface area contributed by atoms with Gasteiger partial charge in [0, 0.05) is 13.5 Å². The number of anilines is 1. The molecule has 0 spiro atoms. The second-order valence-electron chi connectivity index (χ2n) is 3.75. The van der Waals surface area contributed by atoms with E-state index in [0.717, 1.165) is 4.90 Å². The van der Waals surface area contributed by atoms with Crippen LogP contribution >= 0.6 is 11.6 Å². The third kappa shape index (κ3) is 2.52. The summed E-state index contributed by atoms with van der Waals surface area (Å²) in [5, 5.41) is 3.31. The molecule has 0 radical (unpaired) electrons. The number of aromatic nitrogens is 2. The minimum Gasteiger partial charge on any atom is -0.342 e. The van der Waals surface area contributed by atoms with E-state index in [2.05, 4.69) is 15.3 Å². The van der Waals surface area contributed by atoms with Crippen LogP contribution in [0.4, 0.5) is 5.95 Å². The zero-order chi connectivity index (χ0) is 12.4. The summed E-state index contributed by atoms with van der Waals surface area (Å²) in [4.78, 5) is 32.0. The molecule has 90 valence electrons. The minimum atomic E-state index is -0.459. The molecule has 7 heteroatoms. The van der Waals surface area contributed by atoms with E-state index in [1.165, 1.54) is 19.4 Å². The molecule has 1 aromatic rings. The molecule has 1 N–H and O–H groups in total. The number of carbonyl (C=O) groups excluding carboxylic acids is 2. The maximum Gasteiger partial charge on any atom is 0.251 e. The van der Waals surface area contributed by atoms with Gasteiger partial charge in [-0.1, -0.05) is 11.6 Å². The fourth-order valence-electron chi connectivity index (χ4n) is 1.59. The van der Waals surface area contributed by atoms with E-state index >= 15 is 0 Å². The van der Waals surface area contributed by atoms with Crippen molar-refractivity contribution in [3.05, 3.63) is 17.4 Å². The number of nitrogens with one attached hydrogen (secondary N) is 1. The van der Waals surface area contributed by atoms with Crippen molar-refractivity contribution in [2.45, 2.75) is 18.9 Å². The molecule has 1 unspecified atom stereocenters. The first kappa shape index (κ1) is 11.8. The molecule has 6 nitrogen and oxygen atoms in total. The monoisotopic (exact) mass is 254 g/mol. The highest BCUT2D eigenvalue weighted by atomic mass is 35.5. The Hall–Kier alpha value is -1.69. The van der Waals surface area contributed by atoms with Crippen LogP contribution in [0.15, 0.2) is 12.4 Å². The number of likely N-dealkylation sites (N-methyl/N-ethyl adjacent to an activating group) is 1. The van der Waals surface area contributed by atoms with Gasteiger partial charge >= 0.3 is 0 Å². The number of imide groups is 1. The number of carbonyl (C=O) groups is 2. The highest BCUT2D eigenvalue weighted by Crippen LogP contribution is 2.15. The summed E-state index contributed by atoms with van der Waals surface area (Å²) in [5.74, 6) is -0.0969. The fourth-order valence-corrected chi connectivity index (χ4v) is 1.69. The predicted octanol–water partition coefficient (Wildman–Crippen LogP) is 0.689. The van der Waals surface area contributed by atoms with Crippen LogP contribution in [-0.4, -0.2) is 39.8 Å². The molecule has 1 aliphatic rings. The van der Waals surface area contributed by atoms with Crippen LogP contribution in [-0.2, 0) is 9.59 Å². The van der Waals surface area contributed by atoms with Gasteiger partial charge in [-0.05, 0) is 6.42 Å². The molecule has 0 aliphatic carbocycles. The Labute approximate surface area is 103 Å². The molecular formula is C10H11ClN4O2. The van der Waals surface area contributed by atoms with Gasteiger partial charge in [0.25, 0.3) is 5.91 Å². The number of hydrogen-bond acceptors (Lipinski definition) is 5. The second kappa shape index (κ2) is 4.67. The van der Waals surface area contributed by atoms with E-state index < -0.39 is 6.04 Å². The van der Waals surface area contributed by atoms with Gasteiger partial charge in [0.2, 0.25) is 11.9 Å². The van der Waals surface area contributed by atoms with Crippen molar-refractivity contribution in [3.63, 3.8) is 0 Å². The molecular weight excluding hydrogens is 244 g/mol. The van der Waals surface area contributed by atoms with Crippen molar-refractivity contribution in [2.24, 2.45) is 0 Å². The lowest BCUT2D eigenvalue weighted by Gasteiger charge is -2.28. The highest BCUT2D eigenvalue weighted by molar-refractivity contribution is 6.30. The van der Waals surface area contributed by atoms with Gasteiger partial charge < -0.3 is 5.32 Å². The molecule has 2 amide bonds. The molecule has 2 rings (SSSR count). The summed E-state index contributed by atoms with van der Waals surface area (Å²) in [7, 11) is 1.47. The van der Waals surface area contributed by atoms with E-state index in [1.807, 2.05) is 0 Å². The topological polar surface area (TPSA) is 75.2 Å². The number of rotatable bonds is 2. The summed E-state index contributed by atoms with van der Waals surface area (Å²) in [5.41, 5.74) is 0. The number of halogens is 1. The van der Waals surface area contributed by atoms with Crippen LogP contribution in [0, 0.1) is 0 Å². The Kier molecular flexibility index (Phi) is 3.23. The first-order chi connectivity index (χ1) is 8.08. The first-order valence-electron chi connectivity index (χ1n) is 5.12. The van der Waals surface area contributed by atoms with Gasteiger partial charge in [-0.15, -0.1) is 0 Å². The Bertz CT molecular complexity index is 448. The lowest BCUT2D eigenvalue weighted by atomic mass is 10.1. The van der Waals surface area contributed by atoms with E-state index in [0.29, 0.717) is 23.8 Å². The molecule has 1 atom stereocenters. The van der Waals surface area contributed by atoms with Crippen molar-refractivity contribution in [3.8, 4) is 0 Å². The molecule has 1 aliphatic heterocycles. The van der Waals surface area contributed by atoms with Crippen LogP contribution in [0.3, 0.4) is 0 Å². The molecule has 0 saturated carbocycles. The summed E-state index contributed by atoms with van der Waals surface area (Å²) >= 11 is 5.65. The van der Waals surface area contributed by atoms with Crippen molar-refractivity contribution in [1.82, 2.24) is 14.9 Å². The van der Waals surface area contributed by atoms with Crippen molar-refractivity contribution in [1.29, 1.82) is 0 Å². The number of likely N-dealkylation sites (tertiary alicyclic amines) is 1. The predicted molar refractivity (Wildman–Crippen MR) is 61.5 cm³/mol. The first-order valence-corrected chi connectivity index (χ1v) is 5.50. The smallest absolute Gasteiger partial charge is 0.251 e. The average molecular weight is 255 g/mol. The molecule has 1 fully saturated rings. The molecule has 1 saturated heterocycles. The van der Waals surface area contributed by atoms with Gasteiger partial charge in [-0.2, -0.15) is 0 Å². The van der Waals surface area contributed by atoms with Gasteiger partial charge in [-0.25, -0.2) is 9.97 Å². The zero-order valence-corrected chi connectivity index (χ0v) is 9.94. The van der Waals surface area contributed by atoms with Crippen LogP contribution < -0.4 is 5.32 Å². The van der Waals surface area contributed by atoms with Crippen LogP contribution in [0.5, 0.6) is 0 Å². The molecule has 1 aromatic heterocycles. The van der Waals surface area contributed by atoms with Gasteiger partial charge in [0.15, 0.2) is 0 Å². The third-order valence-electron chi connectivity index (χ3n) is 2.57. The van der Waals surface area contributed by atoms with E-state index in [1.54, 1.807) is 0 Å². The quantitative estimate of drug-likeness (QED) is 0.786. The number of hydrogen-bond donors (Lipinski definition) is 1. The fraction of sp³-hybridized carbons (Fsp3) is 0.400. The second-order valence-corrected chi connectivity index (χ2v) is 4.19. The van der Waals surface area contributed by atoms with Crippen molar-refractivity contribution < 1.29 is 9.59 Å². The zero-order valence-electron chi connectivity index (χ0n) is 9.18. The maximum atomic E-state index is 11.8. The average Bonchev–Trinajstić information content (AvgIpc) is 2.33. The minimum absolute atomic E-state index is 0.162. The summed E-state index contributed by atoms with van der Waals surface area (Å²) < 4.78 is 0. The number of nitrogens with zero attached hydrogens (tertiary/aromatic N) is 3. The van der Waals surface area contributed by atoms with E-state index in [4.69, 9.17) is 11.6 Å². The van der Waals surface area contributed by atoms with Gasteiger partial charge in [-0.3, -0.25) is 14.5 Å². The molecule has 0 aromatic carbocycles. The van der Waals surface area contributed by atoms with Crippen LogP contribution in [0.2, 0.25) is 5.02 Å². The molecule has 2 heterocycles. The summed E-state index contributed by atoms with van der Waals surface area (Å²) in [6, 6.07) is -0.459. The Morgan fingerprint density at radius 3 is 2.71 bits per heavy atom. The van der Waals surface area contributed by atoms with Crippen molar-refractivity contribution in [2.75, 3.05) is 12.4 Å². The Morgan fingerprint density at radius 2 is 2.06 bits per heavy atom. The molecule has 0 bridgehead atoms. The largest absolute Gasteiger partial charge is 0.342 e. The highest BCUT2D eigenvalue weighted by Gasteiger charge is 2.31. The lowest BCUT2D eigenvalue weighted by molar-refractivity contribution is -0.146. The SMILES string of the molecule is CN1C(=O)CCC(Nc2ncc(Cl)cn2)C1=O. The Balaban J connectivity index is 2.06.